The van der Waals surface area contributed by atoms with Gasteiger partial charge >= 0.3 is 0 Å². The van der Waals surface area contributed by atoms with Crippen molar-refractivity contribution in [2.75, 3.05) is 13.7 Å². The minimum atomic E-state index is 0.358. The zero-order valence-electron chi connectivity index (χ0n) is 11.6. The standard InChI is InChI=1S/C17H19NO2/c1-19-16-8-7-14-9-15(12-20-17(14)10-16)18-11-13-5-3-2-4-6-13/h2-8,10,15,18H,9,11-12H2,1H3. The Kier molecular flexibility index (Phi) is 3.88. The molecule has 3 heteroatoms. The van der Waals surface area contributed by atoms with E-state index >= 15 is 0 Å². The van der Waals surface area contributed by atoms with E-state index in [1.165, 1.54) is 11.1 Å². The van der Waals surface area contributed by atoms with Crippen LogP contribution in [0.15, 0.2) is 48.5 Å². The van der Waals surface area contributed by atoms with Gasteiger partial charge in [-0.05, 0) is 23.6 Å². The summed E-state index contributed by atoms with van der Waals surface area (Å²) in [5.41, 5.74) is 2.54. The highest BCUT2D eigenvalue weighted by Gasteiger charge is 2.19. The summed E-state index contributed by atoms with van der Waals surface area (Å²) >= 11 is 0. The molecule has 1 N–H and O–H groups in total. The minimum absolute atomic E-state index is 0.358. The number of benzene rings is 2. The zero-order chi connectivity index (χ0) is 13.8. The molecule has 0 bridgehead atoms. The van der Waals surface area contributed by atoms with E-state index in [1.807, 2.05) is 18.2 Å². The molecule has 3 rings (SSSR count). The maximum Gasteiger partial charge on any atom is 0.126 e. The molecule has 1 atom stereocenters. The normalized spacial score (nSPS) is 17.1. The Balaban J connectivity index is 1.61. The molecule has 0 spiro atoms. The van der Waals surface area contributed by atoms with Crippen LogP contribution in [0.3, 0.4) is 0 Å². The lowest BCUT2D eigenvalue weighted by molar-refractivity contribution is 0.237. The van der Waals surface area contributed by atoms with Gasteiger partial charge in [0.25, 0.3) is 0 Å². The number of rotatable bonds is 4. The SMILES string of the molecule is COc1ccc2c(c1)OCC(NCc1ccccc1)C2. The third-order valence-corrected chi connectivity index (χ3v) is 3.62. The Bertz CT molecular complexity index is 568. The van der Waals surface area contributed by atoms with Gasteiger partial charge in [0.15, 0.2) is 0 Å². The predicted octanol–water partition coefficient (Wildman–Crippen LogP) is 2.79. The largest absolute Gasteiger partial charge is 0.497 e. The number of fused-ring (bicyclic) bond motifs is 1. The van der Waals surface area contributed by atoms with Crippen molar-refractivity contribution in [3.05, 3.63) is 59.7 Å². The van der Waals surface area contributed by atoms with Crippen LogP contribution in [0.25, 0.3) is 0 Å². The number of ether oxygens (including phenoxy) is 2. The van der Waals surface area contributed by atoms with Crippen LogP contribution in [0.1, 0.15) is 11.1 Å². The molecule has 0 aromatic heterocycles. The number of hydrogen-bond acceptors (Lipinski definition) is 3. The molecule has 104 valence electrons. The van der Waals surface area contributed by atoms with E-state index in [-0.39, 0.29) is 0 Å². The molecule has 0 saturated heterocycles. The van der Waals surface area contributed by atoms with Gasteiger partial charge in [0.1, 0.15) is 18.1 Å². The lowest BCUT2D eigenvalue weighted by Crippen LogP contribution is -2.38. The van der Waals surface area contributed by atoms with Crippen molar-refractivity contribution >= 4 is 0 Å². The van der Waals surface area contributed by atoms with Gasteiger partial charge in [-0.2, -0.15) is 0 Å². The summed E-state index contributed by atoms with van der Waals surface area (Å²) in [7, 11) is 1.68. The minimum Gasteiger partial charge on any atom is -0.497 e. The Labute approximate surface area is 119 Å². The van der Waals surface area contributed by atoms with E-state index in [0.717, 1.165) is 24.5 Å². The van der Waals surface area contributed by atoms with E-state index in [9.17, 15) is 0 Å². The third-order valence-electron chi connectivity index (χ3n) is 3.62. The first-order valence-electron chi connectivity index (χ1n) is 6.92. The maximum atomic E-state index is 5.82. The molecule has 0 amide bonds. The fraction of sp³-hybridized carbons (Fsp3) is 0.294. The molecule has 0 fully saturated rings. The van der Waals surface area contributed by atoms with Crippen LogP contribution in [0.4, 0.5) is 0 Å². The summed E-state index contributed by atoms with van der Waals surface area (Å²) in [6.07, 6.45) is 0.992. The van der Waals surface area contributed by atoms with E-state index in [0.29, 0.717) is 12.6 Å². The van der Waals surface area contributed by atoms with Gasteiger partial charge in [0.05, 0.1) is 7.11 Å². The van der Waals surface area contributed by atoms with Gasteiger partial charge in [0, 0.05) is 18.7 Å². The van der Waals surface area contributed by atoms with E-state index in [4.69, 9.17) is 9.47 Å². The quantitative estimate of drug-likeness (QED) is 0.926. The Morgan fingerprint density at radius 1 is 1.20 bits per heavy atom. The fourth-order valence-electron chi connectivity index (χ4n) is 2.47. The van der Waals surface area contributed by atoms with Crippen molar-refractivity contribution in [2.45, 2.75) is 19.0 Å². The monoisotopic (exact) mass is 269 g/mol. The molecule has 0 saturated carbocycles. The number of methoxy groups -OCH3 is 1. The Morgan fingerprint density at radius 2 is 2.05 bits per heavy atom. The van der Waals surface area contributed by atoms with Gasteiger partial charge in [-0.1, -0.05) is 36.4 Å². The first-order chi connectivity index (χ1) is 9.85. The highest BCUT2D eigenvalue weighted by molar-refractivity contribution is 5.42. The fourth-order valence-corrected chi connectivity index (χ4v) is 2.47. The topological polar surface area (TPSA) is 30.5 Å². The van der Waals surface area contributed by atoms with Crippen LogP contribution in [0.2, 0.25) is 0 Å². The van der Waals surface area contributed by atoms with Gasteiger partial charge in [0.2, 0.25) is 0 Å². The van der Waals surface area contributed by atoms with Crippen molar-refractivity contribution in [1.82, 2.24) is 5.32 Å². The van der Waals surface area contributed by atoms with Crippen LogP contribution >= 0.6 is 0 Å². The molecule has 1 heterocycles. The van der Waals surface area contributed by atoms with Crippen molar-refractivity contribution in [3.63, 3.8) is 0 Å². The maximum absolute atomic E-state index is 5.82. The van der Waals surface area contributed by atoms with Gasteiger partial charge in [-0.15, -0.1) is 0 Å². The van der Waals surface area contributed by atoms with Crippen LogP contribution in [-0.4, -0.2) is 19.8 Å². The molecule has 20 heavy (non-hydrogen) atoms. The van der Waals surface area contributed by atoms with Crippen molar-refractivity contribution in [3.8, 4) is 11.5 Å². The molecular weight excluding hydrogens is 250 g/mol. The second-order valence-corrected chi connectivity index (χ2v) is 5.05. The van der Waals surface area contributed by atoms with Gasteiger partial charge in [-0.25, -0.2) is 0 Å². The first-order valence-corrected chi connectivity index (χ1v) is 6.92. The number of hydrogen-bond donors (Lipinski definition) is 1. The molecule has 2 aromatic rings. The molecule has 0 aliphatic carbocycles. The second kappa shape index (κ2) is 5.97. The van der Waals surface area contributed by atoms with Crippen molar-refractivity contribution in [2.24, 2.45) is 0 Å². The Hall–Kier alpha value is -2.00. The summed E-state index contributed by atoms with van der Waals surface area (Å²) < 4.78 is 11.0. The lowest BCUT2D eigenvalue weighted by Gasteiger charge is -2.26. The smallest absolute Gasteiger partial charge is 0.126 e. The van der Waals surface area contributed by atoms with E-state index in [2.05, 4.69) is 35.6 Å². The third kappa shape index (κ3) is 2.94. The molecule has 2 aromatic carbocycles. The van der Waals surface area contributed by atoms with Crippen LogP contribution in [0.5, 0.6) is 11.5 Å². The summed E-state index contributed by atoms with van der Waals surface area (Å²) in [4.78, 5) is 0. The average Bonchev–Trinajstić information content (AvgIpc) is 2.53. The average molecular weight is 269 g/mol. The van der Waals surface area contributed by atoms with Gasteiger partial charge < -0.3 is 14.8 Å². The molecule has 1 aliphatic rings. The first kappa shape index (κ1) is 13.0. The molecule has 3 nitrogen and oxygen atoms in total. The van der Waals surface area contributed by atoms with Gasteiger partial charge in [-0.3, -0.25) is 0 Å². The van der Waals surface area contributed by atoms with Crippen molar-refractivity contribution < 1.29 is 9.47 Å². The molecule has 1 aliphatic heterocycles. The highest BCUT2D eigenvalue weighted by Crippen LogP contribution is 2.29. The van der Waals surface area contributed by atoms with Crippen LogP contribution in [0, 0.1) is 0 Å². The van der Waals surface area contributed by atoms with Crippen LogP contribution in [-0.2, 0) is 13.0 Å². The second-order valence-electron chi connectivity index (χ2n) is 5.05. The van der Waals surface area contributed by atoms with Crippen LogP contribution < -0.4 is 14.8 Å². The zero-order valence-corrected chi connectivity index (χ0v) is 11.6. The summed E-state index contributed by atoms with van der Waals surface area (Å²) in [6, 6.07) is 16.8. The summed E-state index contributed by atoms with van der Waals surface area (Å²) in [5, 5.41) is 3.55. The lowest BCUT2D eigenvalue weighted by atomic mass is 10.0. The summed E-state index contributed by atoms with van der Waals surface area (Å²) in [6.45, 7) is 1.58. The van der Waals surface area contributed by atoms with Crippen molar-refractivity contribution in [1.29, 1.82) is 0 Å². The predicted molar refractivity (Wildman–Crippen MR) is 79.3 cm³/mol. The number of nitrogens with one attached hydrogen (secondary N) is 1. The van der Waals surface area contributed by atoms with E-state index in [1.54, 1.807) is 7.11 Å². The summed E-state index contributed by atoms with van der Waals surface area (Å²) in [5.74, 6) is 1.79. The molecular formula is C17H19NO2. The molecule has 0 radical (unpaired) electrons. The molecule has 1 unspecified atom stereocenters. The Morgan fingerprint density at radius 3 is 2.85 bits per heavy atom. The van der Waals surface area contributed by atoms with E-state index < -0.39 is 0 Å². The highest BCUT2D eigenvalue weighted by atomic mass is 16.5.